The zero-order chi connectivity index (χ0) is 19.9. The fourth-order valence-electron chi connectivity index (χ4n) is 2.70. The summed E-state index contributed by atoms with van der Waals surface area (Å²) >= 11 is 2.40. The quantitative estimate of drug-likeness (QED) is 0.515. The second-order valence-corrected chi connectivity index (χ2v) is 7.89. The topological polar surface area (TPSA) is 111 Å². The van der Waals surface area contributed by atoms with E-state index in [1.54, 1.807) is 11.4 Å². The molecule has 1 unspecified atom stereocenters. The summed E-state index contributed by atoms with van der Waals surface area (Å²) in [6.45, 7) is 2.12. The second-order valence-electron chi connectivity index (χ2n) is 6.05. The van der Waals surface area contributed by atoms with Gasteiger partial charge in [-0.2, -0.15) is 0 Å². The van der Waals surface area contributed by atoms with Crippen LogP contribution >= 0.6 is 23.1 Å². The number of anilines is 1. The van der Waals surface area contributed by atoms with Crippen molar-refractivity contribution in [3.05, 3.63) is 58.8 Å². The molecule has 0 saturated carbocycles. The highest BCUT2D eigenvalue weighted by Crippen LogP contribution is 2.26. The predicted octanol–water partition coefficient (Wildman–Crippen LogP) is 3.70. The number of thioether (sulfide) groups is 1. The molecule has 0 radical (unpaired) electrons. The highest BCUT2D eigenvalue weighted by molar-refractivity contribution is 7.99. The summed E-state index contributed by atoms with van der Waals surface area (Å²) in [4.78, 5) is 23.4. The van der Waals surface area contributed by atoms with Crippen LogP contribution in [-0.2, 0) is 11.2 Å². The Balaban J connectivity index is 1.53. The summed E-state index contributed by atoms with van der Waals surface area (Å²) < 4.78 is 5.67. The van der Waals surface area contributed by atoms with Crippen molar-refractivity contribution < 1.29 is 14.0 Å². The number of aromatic nitrogens is 2. The fourth-order valence-corrected chi connectivity index (χ4v) is 4.09. The minimum Gasteiger partial charge on any atom is -0.416 e. The molecule has 28 heavy (non-hydrogen) atoms. The van der Waals surface area contributed by atoms with Crippen molar-refractivity contribution in [1.82, 2.24) is 10.2 Å². The SMILES string of the molecule is CCC(Cc1nnc(SCC(=O)Nc2sccc2C(N)=O)o1)c1ccccc1. The summed E-state index contributed by atoms with van der Waals surface area (Å²) in [5.41, 5.74) is 6.81. The summed E-state index contributed by atoms with van der Waals surface area (Å²) in [6, 6.07) is 11.8. The Kier molecular flexibility index (Phi) is 6.83. The Hall–Kier alpha value is -2.65. The molecule has 3 rings (SSSR count). The van der Waals surface area contributed by atoms with Crippen LogP contribution in [0.2, 0.25) is 0 Å². The first-order valence-corrected chi connectivity index (χ1v) is 10.6. The van der Waals surface area contributed by atoms with Crippen LogP contribution in [-0.4, -0.2) is 27.8 Å². The minimum atomic E-state index is -0.574. The molecule has 0 fully saturated rings. The van der Waals surface area contributed by atoms with Crippen molar-refractivity contribution in [2.45, 2.75) is 30.9 Å². The van der Waals surface area contributed by atoms with Crippen LogP contribution in [0.25, 0.3) is 0 Å². The average Bonchev–Trinajstić information content (AvgIpc) is 3.34. The highest BCUT2D eigenvalue weighted by atomic mass is 32.2. The fraction of sp³-hybridized carbons (Fsp3) is 0.263. The zero-order valence-corrected chi connectivity index (χ0v) is 16.9. The minimum absolute atomic E-state index is 0.0909. The van der Waals surface area contributed by atoms with Gasteiger partial charge >= 0.3 is 0 Å². The predicted molar refractivity (Wildman–Crippen MR) is 110 cm³/mol. The lowest BCUT2D eigenvalue weighted by molar-refractivity contribution is -0.113. The first kappa shape index (κ1) is 20.1. The molecule has 2 heterocycles. The Morgan fingerprint density at radius 3 is 2.75 bits per heavy atom. The van der Waals surface area contributed by atoms with Crippen molar-refractivity contribution in [3.63, 3.8) is 0 Å². The maximum atomic E-state index is 12.1. The first-order chi connectivity index (χ1) is 13.6. The number of hydrogen-bond donors (Lipinski definition) is 2. The van der Waals surface area contributed by atoms with Gasteiger partial charge in [0.25, 0.3) is 11.1 Å². The molecule has 3 N–H and O–H groups in total. The van der Waals surface area contributed by atoms with Crippen LogP contribution in [0.4, 0.5) is 5.00 Å². The van der Waals surface area contributed by atoms with E-state index in [0.29, 0.717) is 34.0 Å². The summed E-state index contributed by atoms with van der Waals surface area (Å²) in [6.07, 6.45) is 1.61. The van der Waals surface area contributed by atoms with Crippen molar-refractivity contribution >= 4 is 39.9 Å². The van der Waals surface area contributed by atoms with E-state index >= 15 is 0 Å². The van der Waals surface area contributed by atoms with Gasteiger partial charge in [0, 0.05) is 6.42 Å². The van der Waals surface area contributed by atoms with Gasteiger partial charge in [0.05, 0.1) is 11.3 Å². The van der Waals surface area contributed by atoms with E-state index in [1.807, 2.05) is 18.2 Å². The van der Waals surface area contributed by atoms with Crippen molar-refractivity contribution in [1.29, 1.82) is 0 Å². The van der Waals surface area contributed by atoms with E-state index in [2.05, 4.69) is 34.6 Å². The van der Waals surface area contributed by atoms with Crippen LogP contribution in [0.1, 0.15) is 41.1 Å². The number of hydrogen-bond acceptors (Lipinski definition) is 7. The van der Waals surface area contributed by atoms with Gasteiger partial charge in [0.15, 0.2) is 0 Å². The van der Waals surface area contributed by atoms with Gasteiger partial charge in [-0.1, -0.05) is 49.0 Å². The molecule has 0 aliphatic heterocycles. The smallest absolute Gasteiger partial charge is 0.277 e. The Morgan fingerprint density at radius 2 is 2.04 bits per heavy atom. The number of benzene rings is 1. The van der Waals surface area contributed by atoms with Crippen LogP contribution in [0.5, 0.6) is 0 Å². The van der Waals surface area contributed by atoms with Gasteiger partial charge in [0.2, 0.25) is 11.8 Å². The van der Waals surface area contributed by atoms with Gasteiger partial charge in [-0.3, -0.25) is 9.59 Å². The van der Waals surface area contributed by atoms with E-state index in [4.69, 9.17) is 10.2 Å². The van der Waals surface area contributed by atoms with Crippen molar-refractivity contribution in [2.24, 2.45) is 5.73 Å². The molecule has 0 aliphatic rings. The monoisotopic (exact) mass is 416 g/mol. The third kappa shape index (κ3) is 5.20. The molecule has 7 nitrogen and oxygen atoms in total. The number of carbonyl (C=O) groups excluding carboxylic acids is 2. The molecule has 0 bridgehead atoms. The number of nitrogens with two attached hydrogens (primary N) is 1. The Morgan fingerprint density at radius 1 is 1.25 bits per heavy atom. The summed E-state index contributed by atoms with van der Waals surface area (Å²) in [7, 11) is 0. The van der Waals surface area contributed by atoms with Crippen LogP contribution < -0.4 is 11.1 Å². The van der Waals surface area contributed by atoms with E-state index in [0.717, 1.165) is 18.2 Å². The Bertz CT molecular complexity index is 940. The molecule has 146 valence electrons. The lowest BCUT2D eigenvalue weighted by Gasteiger charge is -2.12. The lowest BCUT2D eigenvalue weighted by atomic mass is 9.93. The number of rotatable bonds is 9. The number of carbonyl (C=O) groups is 2. The zero-order valence-electron chi connectivity index (χ0n) is 15.3. The van der Waals surface area contributed by atoms with Crippen molar-refractivity contribution in [2.75, 3.05) is 11.1 Å². The molecule has 9 heteroatoms. The standard InChI is InChI=1S/C19H20N4O3S2/c1-2-12(13-6-4-3-5-7-13)10-16-22-23-19(26-16)28-11-15(24)21-18-14(17(20)25)8-9-27-18/h3-9,12H,2,10-11H2,1H3,(H2,20,25)(H,21,24). The van der Waals surface area contributed by atoms with E-state index in [-0.39, 0.29) is 11.7 Å². The molecule has 0 saturated heterocycles. The molecular formula is C19H20N4O3S2. The second kappa shape index (κ2) is 9.52. The third-order valence-electron chi connectivity index (χ3n) is 4.14. The molecule has 1 aromatic carbocycles. The number of amides is 2. The summed E-state index contributed by atoms with van der Waals surface area (Å²) in [5, 5.41) is 13.3. The van der Waals surface area contributed by atoms with E-state index in [9.17, 15) is 9.59 Å². The molecule has 1 atom stereocenters. The van der Waals surface area contributed by atoms with Crippen LogP contribution in [0.15, 0.2) is 51.4 Å². The maximum absolute atomic E-state index is 12.1. The largest absolute Gasteiger partial charge is 0.416 e. The number of nitrogens with zero attached hydrogens (tertiary/aromatic N) is 2. The third-order valence-corrected chi connectivity index (χ3v) is 5.79. The molecule has 0 spiro atoms. The molecular weight excluding hydrogens is 396 g/mol. The normalized spacial score (nSPS) is 11.9. The highest BCUT2D eigenvalue weighted by Gasteiger charge is 2.17. The van der Waals surface area contributed by atoms with Gasteiger partial charge in [-0.25, -0.2) is 0 Å². The lowest BCUT2D eigenvalue weighted by Crippen LogP contribution is -2.17. The van der Waals surface area contributed by atoms with Crippen molar-refractivity contribution in [3.8, 4) is 0 Å². The van der Waals surface area contributed by atoms with E-state index < -0.39 is 5.91 Å². The van der Waals surface area contributed by atoms with Crippen LogP contribution in [0.3, 0.4) is 0 Å². The van der Waals surface area contributed by atoms with E-state index in [1.165, 1.54) is 16.9 Å². The molecule has 3 aromatic rings. The number of nitrogens with one attached hydrogen (secondary N) is 1. The molecule has 2 aromatic heterocycles. The molecule has 2 amide bonds. The van der Waals surface area contributed by atoms with Crippen LogP contribution in [0, 0.1) is 0 Å². The Labute approximate surface area is 170 Å². The maximum Gasteiger partial charge on any atom is 0.277 e. The molecule has 0 aliphatic carbocycles. The van der Waals surface area contributed by atoms with Gasteiger partial charge in [-0.15, -0.1) is 21.5 Å². The summed E-state index contributed by atoms with van der Waals surface area (Å²) in [5.74, 6) is 0.0926. The van der Waals surface area contributed by atoms with Gasteiger partial charge < -0.3 is 15.5 Å². The average molecular weight is 417 g/mol. The van der Waals surface area contributed by atoms with Gasteiger partial charge in [-0.05, 0) is 29.3 Å². The van der Waals surface area contributed by atoms with Gasteiger partial charge in [0.1, 0.15) is 5.00 Å². The number of thiophene rings is 1. The first-order valence-electron chi connectivity index (χ1n) is 8.74. The number of primary amides is 1.